The van der Waals surface area contributed by atoms with Gasteiger partial charge in [0.1, 0.15) is 34.9 Å². The van der Waals surface area contributed by atoms with Crippen LogP contribution >= 0.6 is 0 Å². The summed E-state index contributed by atoms with van der Waals surface area (Å²) in [5.41, 5.74) is 2.84. The standard InChI is InChI=1S/C43H48O15/c1-21(44)55-35-19-27-28(47-4)20-30(48-5)37(40(27)58-38(35)23-14-31(49-6)41(53-10)32(15-23)50-7)36-26-13-12-25(46-3)18-29(26)57-39(43(36)56-22(2)45)24-16-33(51-8)42(54-11)34(17-24)52-9/h12-18,20,35-36,38-39,43H,19H2,1-11H3. The number of rotatable bonds is 14. The number of hydrogen-bond donors (Lipinski definition) is 0. The number of carbonyl (C=O) groups is 2. The maximum absolute atomic E-state index is 13.2. The minimum absolute atomic E-state index is 0.156. The van der Waals surface area contributed by atoms with Gasteiger partial charge in [0, 0.05) is 60.2 Å². The van der Waals surface area contributed by atoms with Gasteiger partial charge in [-0.1, -0.05) is 6.07 Å². The highest BCUT2D eigenvalue weighted by Gasteiger charge is 2.48. The number of benzene rings is 4. The Bertz CT molecular complexity index is 2110. The van der Waals surface area contributed by atoms with E-state index in [-0.39, 0.29) is 6.42 Å². The van der Waals surface area contributed by atoms with E-state index in [2.05, 4.69) is 0 Å². The van der Waals surface area contributed by atoms with Gasteiger partial charge in [0.2, 0.25) is 11.5 Å². The van der Waals surface area contributed by atoms with Crippen LogP contribution in [0.4, 0.5) is 0 Å². The molecule has 0 saturated heterocycles. The molecule has 0 fully saturated rings. The van der Waals surface area contributed by atoms with Crippen LogP contribution in [0.15, 0.2) is 48.5 Å². The smallest absolute Gasteiger partial charge is 0.303 e. The molecule has 0 saturated carbocycles. The van der Waals surface area contributed by atoms with Crippen LogP contribution in [0, 0.1) is 0 Å². The molecular formula is C43H48O15. The first-order valence-corrected chi connectivity index (χ1v) is 18.2. The van der Waals surface area contributed by atoms with Crippen molar-refractivity contribution in [3.8, 4) is 63.2 Å². The molecule has 0 radical (unpaired) electrons. The first-order chi connectivity index (χ1) is 28.0. The summed E-state index contributed by atoms with van der Waals surface area (Å²) in [6.07, 6.45) is -3.63. The number of methoxy groups -OCH3 is 9. The van der Waals surface area contributed by atoms with E-state index >= 15 is 0 Å². The van der Waals surface area contributed by atoms with Gasteiger partial charge in [0.05, 0.1) is 69.9 Å². The van der Waals surface area contributed by atoms with Crippen LogP contribution in [0.1, 0.15) is 59.8 Å². The zero-order valence-corrected chi connectivity index (χ0v) is 34.3. The van der Waals surface area contributed by atoms with Crippen molar-refractivity contribution in [2.75, 3.05) is 64.0 Å². The van der Waals surface area contributed by atoms with Gasteiger partial charge in [0.25, 0.3) is 0 Å². The molecule has 0 N–H and O–H groups in total. The monoisotopic (exact) mass is 804 g/mol. The molecule has 2 aliphatic heterocycles. The highest BCUT2D eigenvalue weighted by molar-refractivity contribution is 5.70. The zero-order chi connectivity index (χ0) is 41.8. The molecule has 5 unspecified atom stereocenters. The quantitative estimate of drug-likeness (QED) is 0.126. The molecule has 6 rings (SSSR count). The second-order valence-electron chi connectivity index (χ2n) is 13.3. The van der Waals surface area contributed by atoms with Crippen molar-refractivity contribution in [3.05, 3.63) is 76.3 Å². The Labute approximate surface area is 336 Å². The van der Waals surface area contributed by atoms with E-state index in [1.54, 1.807) is 49.6 Å². The fourth-order valence-electron chi connectivity index (χ4n) is 7.74. The average molecular weight is 805 g/mol. The molecule has 0 bridgehead atoms. The van der Waals surface area contributed by atoms with E-state index in [9.17, 15) is 9.59 Å². The number of esters is 2. The van der Waals surface area contributed by atoms with E-state index in [4.69, 9.17) is 61.6 Å². The van der Waals surface area contributed by atoms with Crippen molar-refractivity contribution in [3.63, 3.8) is 0 Å². The summed E-state index contributed by atoms with van der Waals surface area (Å²) >= 11 is 0. The van der Waals surface area contributed by atoms with Gasteiger partial charge in [-0.2, -0.15) is 0 Å². The molecule has 5 atom stereocenters. The van der Waals surface area contributed by atoms with Gasteiger partial charge in [0.15, 0.2) is 41.3 Å². The lowest BCUT2D eigenvalue weighted by Crippen LogP contribution is -2.40. The maximum atomic E-state index is 13.2. The lowest BCUT2D eigenvalue weighted by Gasteiger charge is -2.42. The zero-order valence-electron chi connectivity index (χ0n) is 34.3. The first kappa shape index (κ1) is 41.3. The van der Waals surface area contributed by atoms with Crippen LogP contribution in [0.25, 0.3) is 0 Å². The minimum atomic E-state index is -1.05. The molecule has 15 nitrogen and oxygen atoms in total. The van der Waals surface area contributed by atoms with Gasteiger partial charge < -0.3 is 61.6 Å². The molecule has 4 aromatic rings. The summed E-state index contributed by atoms with van der Waals surface area (Å²) in [6.45, 7) is 2.66. The minimum Gasteiger partial charge on any atom is -0.497 e. The highest BCUT2D eigenvalue weighted by atomic mass is 16.6. The Hall–Kier alpha value is -6.38. The van der Waals surface area contributed by atoms with Gasteiger partial charge in [-0.25, -0.2) is 0 Å². The summed E-state index contributed by atoms with van der Waals surface area (Å²) < 4.78 is 77.8. The lowest BCUT2D eigenvalue weighted by molar-refractivity contribution is -0.153. The van der Waals surface area contributed by atoms with Gasteiger partial charge >= 0.3 is 11.9 Å². The number of fused-ring (bicyclic) bond motifs is 2. The van der Waals surface area contributed by atoms with Gasteiger partial charge in [-0.05, 0) is 30.3 Å². The third-order valence-electron chi connectivity index (χ3n) is 10.2. The topological polar surface area (TPSA) is 154 Å². The van der Waals surface area contributed by atoms with Crippen LogP contribution in [0.2, 0.25) is 0 Å². The molecular weight excluding hydrogens is 756 g/mol. The van der Waals surface area contributed by atoms with Crippen molar-refractivity contribution in [2.45, 2.75) is 50.6 Å². The molecule has 58 heavy (non-hydrogen) atoms. The Balaban J connectivity index is 1.66. The van der Waals surface area contributed by atoms with Crippen molar-refractivity contribution in [2.24, 2.45) is 0 Å². The van der Waals surface area contributed by atoms with Crippen molar-refractivity contribution < 1.29 is 71.2 Å². The van der Waals surface area contributed by atoms with Crippen molar-refractivity contribution in [1.82, 2.24) is 0 Å². The largest absolute Gasteiger partial charge is 0.497 e. The molecule has 15 heteroatoms. The molecule has 0 aromatic heterocycles. The van der Waals surface area contributed by atoms with Crippen LogP contribution in [-0.4, -0.2) is 88.1 Å². The summed E-state index contributed by atoms with van der Waals surface area (Å²) in [7, 11) is 13.7. The van der Waals surface area contributed by atoms with E-state index in [1.165, 1.54) is 70.7 Å². The Morgan fingerprint density at radius 2 is 1.07 bits per heavy atom. The summed E-state index contributed by atoms with van der Waals surface area (Å²) in [6, 6.07) is 14.1. The van der Waals surface area contributed by atoms with Crippen LogP contribution in [0.5, 0.6) is 63.2 Å². The average Bonchev–Trinajstić information content (AvgIpc) is 3.23. The van der Waals surface area contributed by atoms with Crippen molar-refractivity contribution in [1.29, 1.82) is 0 Å². The third-order valence-corrected chi connectivity index (χ3v) is 10.2. The van der Waals surface area contributed by atoms with Gasteiger partial charge in [-0.15, -0.1) is 0 Å². The van der Waals surface area contributed by atoms with Crippen LogP contribution in [0.3, 0.4) is 0 Å². The summed E-state index contributed by atoms with van der Waals surface area (Å²) in [4.78, 5) is 25.8. The molecule has 0 spiro atoms. The second kappa shape index (κ2) is 17.4. The predicted octanol–water partition coefficient (Wildman–Crippen LogP) is 6.57. The second-order valence-corrected chi connectivity index (χ2v) is 13.3. The van der Waals surface area contributed by atoms with E-state index < -0.39 is 42.3 Å². The highest BCUT2D eigenvalue weighted by Crippen LogP contribution is 2.57. The predicted molar refractivity (Wildman–Crippen MR) is 208 cm³/mol. The fraction of sp³-hybridized carbons (Fsp3) is 0.395. The van der Waals surface area contributed by atoms with Crippen LogP contribution < -0.4 is 52.1 Å². The first-order valence-electron chi connectivity index (χ1n) is 18.2. The fourth-order valence-corrected chi connectivity index (χ4v) is 7.74. The molecule has 0 amide bonds. The molecule has 4 aromatic carbocycles. The van der Waals surface area contributed by atoms with E-state index in [0.29, 0.717) is 91.1 Å². The normalized spacial score (nSPS) is 19.1. The van der Waals surface area contributed by atoms with E-state index in [0.717, 1.165) is 0 Å². The van der Waals surface area contributed by atoms with Gasteiger partial charge in [-0.3, -0.25) is 9.59 Å². The Morgan fingerprint density at radius 1 is 0.552 bits per heavy atom. The Morgan fingerprint density at radius 3 is 1.53 bits per heavy atom. The number of ether oxygens (including phenoxy) is 13. The molecule has 2 aliphatic rings. The summed E-state index contributed by atoms with van der Waals surface area (Å²) in [5.74, 6) is 2.40. The Kier molecular flexibility index (Phi) is 12.4. The molecule has 0 aliphatic carbocycles. The van der Waals surface area contributed by atoms with E-state index in [1.807, 2.05) is 6.07 Å². The summed E-state index contributed by atoms with van der Waals surface area (Å²) in [5, 5.41) is 0. The lowest BCUT2D eigenvalue weighted by atomic mass is 9.77. The number of hydrogen-bond acceptors (Lipinski definition) is 15. The molecule has 310 valence electrons. The number of carbonyl (C=O) groups excluding carboxylic acids is 2. The maximum Gasteiger partial charge on any atom is 0.303 e. The SMILES string of the molecule is COc1ccc2c(c1)OC(c1cc(OC)c(OC)c(OC)c1)C(OC(C)=O)C2c1c(OC)cc(OC)c2c1OC(c1cc(OC)c(OC)c(OC)c1)C(OC(C)=O)C2. The third kappa shape index (κ3) is 7.55. The van der Waals surface area contributed by atoms with Crippen molar-refractivity contribution >= 4 is 11.9 Å². The van der Waals surface area contributed by atoms with Crippen LogP contribution in [-0.2, 0) is 25.5 Å². The molecule has 2 heterocycles.